The Bertz CT molecular complexity index is 988. The third kappa shape index (κ3) is 5.10. The highest BCUT2D eigenvalue weighted by Crippen LogP contribution is 2.29. The SMILES string of the molecule is CC(C)C(Sc1nnc(-c2cccc(N(C)C)c2)n1N)C(=O)NCc1cccnc1. The Hall–Kier alpha value is -3.07. The number of thioether (sulfide) groups is 1. The van der Waals surface area contributed by atoms with Crippen LogP contribution in [0.15, 0.2) is 53.9 Å². The summed E-state index contributed by atoms with van der Waals surface area (Å²) in [5.74, 6) is 6.86. The normalized spacial score (nSPS) is 12.0. The van der Waals surface area contributed by atoms with Gasteiger partial charge in [-0.1, -0.05) is 43.8 Å². The number of rotatable bonds is 8. The number of aromatic nitrogens is 4. The number of carbonyl (C=O) groups excluding carboxylic acids is 1. The van der Waals surface area contributed by atoms with Crippen LogP contribution in [0.4, 0.5) is 5.69 Å². The van der Waals surface area contributed by atoms with Crippen molar-refractivity contribution < 1.29 is 4.79 Å². The average Bonchev–Trinajstić information content (AvgIpc) is 3.11. The third-order valence-corrected chi connectivity index (χ3v) is 6.07. The fourth-order valence-corrected chi connectivity index (χ4v) is 3.85. The van der Waals surface area contributed by atoms with E-state index in [4.69, 9.17) is 5.84 Å². The average molecular weight is 426 g/mol. The lowest BCUT2D eigenvalue weighted by Crippen LogP contribution is -2.35. The number of anilines is 1. The van der Waals surface area contributed by atoms with Gasteiger partial charge in [0.15, 0.2) is 5.82 Å². The van der Waals surface area contributed by atoms with E-state index in [9.17, 15) is 4.79 Å². The second-order valence-corrected chi connectivity index (χ2v) is 8.59. The summed E-state index contributed by atoms with van der Waals surface area (Å²) in [5.41, 5.74) is 2.85. The highest BCUT2D eigenvalue weighted by atomic mass is 32.2. The molecule has 0 aliphatic carbocycles. The zero-order valence-corrected chi connectivity index (χ0v) is 18.4. The second kappa shape index (κ2) is 9.62. The third-order valence-electron chi connectivity index (χ3n) is 4.57. The number of nitrogens with two attached hydrogens (primary N) is 1. The minimum atomic E-state index is -0.353. The Morgan fingerprint density at radius 3 is 2.70 bits per heavy atom. The maximum absolute atomic E-state index is 12.8. The number of carbonyl (C=O) groups is 1. The van der Waals surface area contributed by atoms with Crippen LogP contribution in [-0.2, 0) is 11.3 Å². The Morgan fingerprint density at radius 2 is 2.03 bits per heavy atom. The van der Waals surface area contributed by atoms with Gasteiger partial charge in [-0.3, -0.25) is 9.78 Å². The molecule has 2 heterocycles. The molecule has 1 amide bonds. The number of amides is 1. The molecule has 8 nitrogen and oxygen atoms in total. The smallest absolute Gasteiger partial charge is 0.234 e. The number of hydrogen-bond acceptors (Lipinski definition) is 7. The molecule has 0 aliphatic heterocycles. The first-order valence-corrected chi connectivity index (χ1v) is 10.6. The second-order valence-electron chi connectivity index (χ2n) is 7.48. The van der Waals surface area contributed by atoms with E-state index >= 15 is 0 Å². The maximum Gasteiger partial charge on any atom is 0.234 e. The monoisotopic (exact) mass is 425 g/mol. The van der Waals surface area contributed by atoms with E-state index in [0.717, 1.165) is 16.8 Å². The fourth-order valence-electron chi connectivity index (χ4n) is 2.88. The fraction of sp³-hybridized carbons (Fsp3) is 0.333. The van der Waals surface area contributed by atoms with Crippen molar-refractivity contribution in [3.05, 3.63) is 54.4 Å². The van der Waals surface area contributed by atoms with Gasteiger partial charge in [-0.2, -0.15) is 0 Å². The predicted octanol–water partition coefficient (Wildman–Crippen LogP) is 2.55. The first-order chi connectivity index (χ1) is 14.4. The predicted molar refractivity (Wildman–Crippen MR) is 121 cm³/mol. The van der Waals surface area contributed by atoms with Crippen molar-refractivity contribution in [3.63, 3.8) is 0 Å². The summed E-state index contributed by atoms with van der Waals surface area (Å²) in [4.78, 5) is 18.9. The van der Waals surface area contributed by atoms with Crippen molar-refractivity contribution >= 4 is 23.4 Å². The zero-order valence-electron chi connectivity index (χ0n) is 17.6. The van der Waals surface area contributed by atoms with Crippen molar-refractivity contribution in [2.45, 2.75) is 30.8 Å². The molecule has 3 rings (SSSR count). The first kappa shape index (κ1) is 21.6. The van der Waals surface area contributed by atoms with E-state index in [-0.39, 0.29) is 17.1 Å². The van der Waals surface area contributed by atoms with Crippen molar-refractivity contribution in [2.24, 2.45) is 5.92 Å². The minimum absolute atomic E-state index is 0.0713. The summed E-state index contributed by atoms with van der Waals surface area (Å²) in [5, 5.41) is 11.6. The summed E-state index contributed by atoms with van der Waals surface area (Å²) in [6.07, 6.45) is 3.44. The molecule has 0 bridgehead atoms. The van der Waals surface area contributed by atoms with Gasteiger partial charge in [0.05, 0.1) is 5.25 Å². The molecule has 0 saturated heterocycles. The van der Waals surface area contributed by atoms with E-state index < -0.39 is 0 Å². The lowest BCUT2D eigenvalue weighted by atomic mass is 10.1. The van der Waals surface area contributed by atoms with Crippen LogP contribution >= 0.6 is 11.8 Å². The molecule has 0 aliphatic rings. The standard InChI is InChI=1S/C21H27N7OS/c1-14(2)18(20(29)24-13-15-7-6-10-23-12-15)30-21-26-25-19(28(21)22)16-8-5-9-17(11-16)27(3)4/h5-12,14,18H,13,22H2,1-4H3,(H,24,29). The quantitative estimate of drug-likeness (QED) is 0.422. The molecule has 2 aromatic heterocycles. The van der Waals surface area contributed by atoms with Gasteiger partial charge in [-0.05, 0) is 29.7 Å². The molecule has 0 saturated carbocycles. The summed E-state index contributed by atoms with van der Waals surface area (Å²) >= 11 is 1.32. The van der Waals surface area contributed by atoms with E-state index in [0.29, 0.717) is 17.5 Å². The lowest BCUT2D eigenvalue weighted by molar-refractivity contribution is -0.121. The highest BCUT2D eigenvalue weighted by Gasteiger charge is 2.26. The van der Waals surface area contributed by atoms with Crippen molar-refractivity contribution in [1.82, 2.24) is 25.2 Å². The molecule has 3 N–H and O–H groups in total. The molecule has 3 aromatic rings. The Labute approximate surface area is 180 Å². The number of pyridine rings is 1. The van der Waals surface area contributed by atoms with Crippen LogP contribution in [0.25, 0.3) is 11.4 Å². The van der Waals surface area contributed by atoms with E-state index in [1.54, 1.807) is 12.4 Å². The largest absolute Gasteiger partial charge is 0.378 e. The molecule has 0 radical (unpaired) electrons. The molecule has 30 heavy (non-hydrogen) atoms. The first-order valence-electron chi connectivity index (χ1n) is 9.68. The van der Waals surface area contributed by atoms with Gasteiger partial charge in [0.25, 0.3) is 0 Å². The summed E-state index contributed by atoms with van der Waals surface area (Å²) < 4.78 is 1.45. The summed E-state index contributed by atoms with van der Waals surface area (Å²) in [6, 6.07) is 11.7. The zero-order chi connectivity index (χ0) is 21.7. The number of benzene rings is 1. The Kier molecular flexibility index (Phi) is 6.94. The number of nitrogen functional groups attached to an aromatic ring is 1. The minimum Gasteiger partial charge on any atom is -0.378 e. The van der Waals surface area contributed by atoms with Gasteiger partial charge in [0.2, 0.25) is 11.1 Å². The molecular formula is C21H27N7OS. The topological polar surface area (TPSA) is 102 Å². The molecule has 0 spiro atoms. The highest BCUT2D eigenvalue weighted by molar-refractivity contribution is 8.00. The van der Waals surface area contributed by atoms with Gasteiger partial charge < -0.3 is 16.1 Å². The maximum atomic E-state index is 12.8. The molecule has 9 heteroatoms. The van der Waals surface area contributed by atoms with Gasteiger partial charge >= 0.3 is 0 Å². The number of nitrogens with one attached hydrogen (secondary N) is 1. The van der Waals surface area contributed by atoms with E-state index in [1.807, 2.05) is 69.2 Å². The molecule has 0 fully saturated rings. The summed E-state index contributed by atoms with van der Waals surface area (Å²) in [6.45, 7) is 4.42. The molecule has 1 aromatic carbocycles. The van der Waals surface area contributed by atoms with Gasteiger partial charge in [0.1, 0.15) is 0 Å². The van der Waals surface area contributed by atoms with Crippen LogP contribution in [0, 0.1) is 5.92 Å². The molecule has 1 atom stereocenters. The van der Waals surface area contributed by atoms with Crippen LogP contribution < -0.4 is 16.1 Å². The van der Waals surface area contributed by atoms with E-state index in [2.05, 4.69) is 20.5 Å². The van der Waals surface area contributed by atoms with Crippen LogP contribution in [0.3, 0.4) is 0 Å². The molecule has 158 valence electrons. The Morgan fingerprint density at radius 1 is 1.23 bits per heavy atom. The van der Waals surface area contributed by atoms with Crippen molar-refractivity contribution in [1.29, 1.82) is 0 Å². The van der Waals surface area contributed by atoms with Crippen LogP contribution in [0.5, 0.6) is 0 Å². The van der Waals surface area contributed by atoms with Crippen LogP contribution in [-0.4, -0.2) is 45.1 Å². The lowest BCUT2D eigenvalue weighted by Gasteiger charge is -2.19. The van der Waals surface area contributed by atoms with E-state index in [1.165, 1.54) is 16.4 Å². The Balaban J connectivity index is 1.75. The summed E-state index contributed by atoms with van der Waals surface area (Å²) in [7, 11) is 3.95. The van der Waals surface area contributed by atoms with Gasteiger partial charge in [-0.15, -0.1) is 10.2 Å². The van der Waals surface area contributed by atoms with Gasteiger partial charge in [-0.25, -0.2) is 4.68 Å². The van der Waals surface area contributed by atoms with Crippen LogP contribution in [0.2, 0.25) is 0 Å². The van der Waals surface area contributed by atoms with Gasteiger partial charge in [0, 0.05) is 44.3 Å². The van der Waals surface area contributed by atoms with Crippen molar-refractivity contribution in [3.8, 4) is 11.4 Å². The number of nitrogens with zero attached hydrogens (tertiary/aromatic N) is 5. The molecular weight excluding hydrogens is 398 g/mol. The van der Waals surface area contributed by atoms with Crippen molar-refractivity contribution in [2.75, 3.05) is 24.8 Å². The van der Waals surface area contributed by atoms with Crippen LogP contribution in [0.1, 0.15) is 19.4 Å². The number of hydrogen-bond donors (Lipinski definition) is 2. The molecule has 1 unspecified atom stereocenters.